The highest BCUT2D eigenvalue weighted by Gasteiger charge is 2.19. The molecule has 4 heteroatoms. The molecule has 3 heterocycles. The second-order valence-corrected chi connectivity index (χ2v) is 4.11. The Labute approximate surface area is 93.6 Å². The maximum absolute atomic E-state index is 9.58. The molecule has 0 aliphatic carbocycles. The van der Waals surface area contributed by atoms with Gasteiger partial charge in [-0.05, 0) is 18.6 Å². The van der Waals surface area contributed by atoms with Crippen LogP contribution in [0.4, 0.5) is 0 Å². The Hall–Kier alpha value is -1.68. The number of rotatable bonds is 1. The van der Waals surface area contributed by atoms with Crippen molar-refractivity contribution in [3.8, 4) is 11.4 Å². The quantitative estimate of drug-likeness (QED) is 0.779. The van der Waals surface area contributed by atoms with E-state index in [9.17, 15) is 5.11 Å². The normalized spacial score (nSPS) is 19.4. The minimum atomic E-state index is -0.213. The standard InChI is InChI=1S/C12H13N3O/c16-11-3-6-15-10(7-11)8-14-12(15)9-1-4-13-5-2-9/h1-2,4-5,8,11,16H,3,6-7H2. The van der Waals surface area contributed by atoms with Crippen molar-refractivity contribution in [3.63, 3.8) is 0 Å². The van der Waals surface area contributed by atoms with Gasteiger partial charge in [0.05, 0.1) is 6.10 Å². The molecule has 1 aliphatic heterocycles. The molecule has 0 spiro atoms. The second kappa shape index (κ2) is 3.72. The SMILES string of the molecule is OC1CCn2c(cnc2-c2ccncc2)C1. The average molecular weight is 215 g/mol. The fourth-order valence-electron chi connectivity index (χ4n) is 2.18. The maximum Gasteiger partial charge on any atom is 0.140 e. The fraction of sp³-hybridized carbons (Fsp3) is 0.333. The van der Waals surface area contributed by atoms with E-state index in [0.29, 0.717) is 6.42 Å². The first-order valence-electron chi connectivity index (χ1n) is 5.47. The molecule has 82 valence electrons. The average Bonchev–Trinajstić information content (AvgIpc) is 2.73. The van der Waals surface area contributed by atoms with Crippen LogP contribution in [0.2, 0.25) is 0 Å². The smallest absolute Gasteiger partial charge is 0.140 e. The van der Waals surface area contributed by atoms with E-state index in [1.165, 1.54) is 0 Å². The van der Waals surface area contributed by atoms with Gasteiger partial charge < -0.3 is 9.67 Å². The van der Waals surface area contributed by atoms with Gasteiger partial charge in [-0.3, -0.25) is 4.98 Å². The molecule has 16 heavy (non-hydrogen) atoms. The monoisotopic (exact) mass is 215 g/mol. The third kappa shape index (κ3) is 1.51. The van der Waals surface area contributed by atoms with Crippen LogP contribution in [0.5, 0.6) is 0 Å². The van der Waals surface area contributed by atoms with E-state index in [-0.39, 0.29) is 6.10 Å². The number of aliphatic hydroxyl groups is 1. The van der Waals surface area contributed by atoms with Crippen molar-refractivity contribution in [2.24, 2.45) is 0 Å². The molecule has 1 aliphatic rings. The predicted octanol–water partition coefficient (Wildman–Crippen LogP) is 1.25. The summed E-state index contributed by atoms with van der Waals surface area (Å²) in [5.74, 6) is 0.976. The Morgan fingerprint density at radius 1 is 1.31 bits per heavy atom. The van der Waals surface area contributed by atoms with Gasteiger partial charge in [0.25, 0.3) is 0 Å². The topological polar surface area (TPSA) is 50.9 Å². The number of aliphatic hydroxyl groups excluding tert-OH is 1. The minimum Gasteiger partial charge on any atom is -0.393 e. The summed E-state index contributed by atoms with van der Waals surface area (Å²) in [5, 5.41) is 9.58. The van der Waals surface area contributed by atoms with Gasteiger partial charge in [0, 0.05) is 42.8 Å². The summed E-state index contributed by atoms with van der Waals surface area (Å²) in [7, 11) is 0. The van der Waals surface area contributed by atoms with E-state index >= 15 is 0 Å². The first-order chi connectivity index (χ1) is 7.84. The Bertz CT molecular complexity index is 492. The van der Waals surface area contributed by atoms with Crippen molar-refractivity contribution in [1.29, 1.82) is 0 Å². The summed E-state index contributed by atoms with van der Waals surface area (Å²) in [6.45, 7) is 0.841. The number of fused-ring (bicyclic) bond motifs is 1. The van der Waals surface area contributed by atoms with Crippen LogP contribution in [0.1, 0.15) is 12.1 Å². The minimum absolute atomic E-state index is 0.213. The van der Waals surface area contributed by atoms with Crippen LogP contribution in [0.25, 0.3) is 11.4 Å². The van der Waals surface area contributed by atoms with Crippen LogP contribution in [0.15, 0.2) is 30.7 Å². The van der Waals surface area contributed by atoms with Crippen molar-refractivity contribution in [2.75, 3.05) is 0 Å². The lowest BCUT2D eigenvalue weighted by Gasteiger charge is -2.20. The lowest BCUT2D eigenvalue weighted by atomic mass is 10.1. The highest BCUT2D eigenvalue weighted by Crippen LogP contribution is 2.23. The van der Waals surface area contributed by atoms with Crippen LogP contribution < -0.4 is 0 Å². The molecule has 2 aromatic rings. The number of pyridine rings is 1. The zero-order chi connectivity index (χ0) is 11.0. The number of hydrogen-bond donors (Lipinski definition) is 1. The zero-order valence-electron chi connectivity index (χ0n) is 8.87. The van der Waals surface area contributed by atoms with Gasteiger partial charge in [-0.25, -0.2) is 4.98 Å². The molecular formula is C12H13N3O. The van der Waals surface area contributed by atoms with Gasteiger partial charge in [0.1, 0.15) is 5.82 Å². The van der Waals surface area contributed by atoms with E-state index in [4.69, 9.17) is 0 Å². The summed E-state index contributed by atoms with van der Waals surface area (Å²) < 4.78 is 2.18. The van der Waals surface area contributed by atoms with Crippen LogP contribution in [0.3, 0.4) is 0 Å². The lowest BCUT2D eigenvalue weighted by Crippen LogP contribution is -2.22. The Balaban J connectivity index is 2.04. The largest absolute Gasteiger partial charge is 0.393 e. The summed E-state index contributed by atoms with van der Waals surface area (Å²) in [6.07, 6.45) is 6.70. The van der Waals surface area contributed by atoms with Crippen LogP contribution >= 0.6 is 0 Å². The number of hydrogen-bond acceptors (Lipinski definition) is 3. The van der Waals surface area contributed by atoms with Crippen molar-refractivity contribution in [2.45, 2.75) is 25.5 Å². The summed E-state index contributed by atoms with van der Waals surface area (Å²) >= 11 is 0. The third-order valence-electron chi connectivity index (χ3n) is 3.01. The molecule has 3 rings (SSSR count). The van der Waals surface area contributed by atoms with E-state index in [0.717, 1.165) is 30.0 Å². The van der Waals surface area contributed by atoms with Crippen molar-refractivity contribution < 1.29 is 5.11 Å². The Morgan fingerprint density at radius 2 is 2.12 bits per heavy atom. The van der Waals surface area contributed by atoms with E-state index in [2.05, 4.69) is 14.5 Å². The highest BCUT2D eigenvalue weighted by molar-refractivity contribution is 5.55. The summed E-state index contributed by atoms with van der Waals surface area (Å²) in [5.41, 5.74) is 2.20. The molecule has 4 nitrogen and oxygen atoms in total. The third-order valence-corrected chi connectivity index (χ3v) is 3.01. The number of imidazole rings is 1. The van der Waals surface area contributed by atoms with Crippen molar-refractivity contribution in [1.82, 2.24) is 14.5 Å². The Kier molecular flexibility index (Phi) is 2.22. The maximum atomic E-state index is 9.58. The fourth-order valence-corrected chi connectivity index (χ4v) is 2.18. The molecule has 2 aromatic heterocycles. The van der Waals surface area contributed by atoms with Gasteiger partial charge >= 0.3 is 0 Å². The van der Waals surface area contributed by atoms with E-state index < -0.39 is 0 Å². The van der Waals surface area contributed by atoms with Crippen LogP contribution in [0, 0.1) is 0 Å². The van der Waals surface area contributed by atoms with Gasteiger partial charge in [0.15, 0.2) is 0 Å². The molecule has 1 atom stereocenters. The molecule has 1 N–H and O–H groups in total. The molecule has 1 unspecified atom stereocenters. The second-order valence-electron chi connectivity index (χ2n) is 4.11. The zero-order valence-corrected chi connectivity index (χ0v) is 8.87. The van der Waals surface area contributed by atoms with Crippen LogP contribution in [-0.2, 0) is 13.0 Å². The van der Waals surface area contributed by atoms with E-state index in [1.54, 1.807) is 12.4 Å². The highest BCUT2D eigenvalue weighted by atomic mass is 16.3. The number of nitrogens with zero attached hydrogens (tertiary/aromatic N) is 3. The summed E-state index contributed by atoms with van der Waals surface area (Å²) in [4.78, 5) is 8.43. The molecule has 0 aromatic carbocycles. The molecule has 0 fully saturated rings. The first kappa shape index (κ1) is 9.54. The number of aromatic nitrogens is 3. The Morgan fingerprint density at radius 3 is 2.94 bits per heavy atom. The molecule has 0 saturated heterocycles. The molecule has 0 amide bonds. The molecule has 0 bridgehead atoms. The van der Waals surface area contributed by atoms with Gasteiger partial charge in [-0.2, -0.15) is 0 Å². The predicted molar refractivity (Wildman–Crippen MR) is 59.8 cm³/mol. The first-order valence-corrected chi connectivity index (χ1v) is 5.47. The van der Waals surface area contributed by atoms with Gasteiger partial charge in [0.2, 0.25) is 0 Å². The van der Waals surface area contributed by atoms with Gasteiger partial charge in [-0.1, -0.05) is 0 Å². The van der Waals surface area contributed by atoms with Gasteiger partial charge in [-0.15, -0.1) is 0 Å². The molecular weight excluding hydrogens is 202 g/mol. The summed E-state index contributed by atoms with van der Waals surface area (Å²) in [6, 6.07) is 3.92. The molecule has 0 saturated carbocycles. The van der Waals surface area contributed by atoms with Crippen molar-refractivity contribution >= 4 is 0 Å². The molecule has 0 radical (unpaired) electrons. The van der Waals surface area contributed by atoms with E-state index in [1.807, 2.05) is 18.3 Å². The lowest BCUT2D eigenvalue weighted by molar-refractivity contribution is 0.144. The van der Waals surface area contributed by atoms with Crippen molar-refractivity contribution in [3.05, 3.63) is 36.4 Å². The van der Waals surface area contributed by atoms with Crippen LogP contribution in [-0.4, -0.2) is 25.7 Å².